The first-order chi connectivity index (χ1) is 20.1. The maximum atomic E-state index is 13.9. The molecule has 0 amide bonds. The van der Waals surface area contributed by atoms with Crippen LogP contribution in [0.25, 0.3) is 11.2 Å². The summed E-state index contributed by atoms with van der Waals surface area (Å²) in [4.78, 5) is 37.2. The lowest BCUT2D eigenvalue weighted by atomic mass is 9.96. The van der Waals surface area contributed by atoms with Crippen LogP contribution >= 0.6 is 7.75 Å². The van der Waals surface area contributed by atoms with Crippen LogP contribution in [-0.2, 0) is 37.4 Å². The standard InChI is InChI=1S/C25H41N6O11P/c1-8-38-17(32)11-40-43(36,30-15(9-13(2)3)22(34)41-14(4)5)39-10-16-19(33)25(6,35)23(42-16)31-12-27-18-20(31)28-24(26)29-21(18)37-7/h12-16,19,23,33,35H,8-11H2,1-7H3,(H,30,36)(H2,26,28,29)/t15-,16-,19-,23-,25-,43?/m1/s1. The minimum atomic E-state index is -4.46. The lowest BCUT2D eigenvalue weighted by Crippen LogP contribution is -2.44. The molecule has 3 heterocycles. The average Bonchev–Trinajstić information content (AvgIpc) is 3.42. The molecule has 1 aliphatic rings. The fourth-order valence-corrected chi connectivity index (χ4v) is 5.84. The number of rotatable bonds is 15. The predicted octanol–water partition coefficient (Wildman–Crippen LogP) is 1.09. The van der Waals surface area contributed by atoms with Gasteiger partial charge in [0, 0.05) is 0 Å². The van der Waals surface area contributed by atoms with Gasteiger partial charge >= 0.3 is 19.7 Å². The number of aliphatic hydroxyl groups excluding tert-OH is 1. The minimum absolute atomic E-state index is 0.0342. The van der Waals surface area contributed by atoms with Gasteiger partial charge in [0.1, 0.15) is 23.9 Å². The molecule has 1 saturated heterocycles. The molecule has 0 radical (unpaired) electrons. The molecule has 0 saturated carbocycles. The number of nitrogens with two attached hydrogens (primary N) is 1. The van der Waals surface area contributed by atoms with Crippen molar-refractivity contribution in [3.63, 3.8) is 0 Å². The van der Waals surface area contributed by atoms with E-state index in [-0.39, 0.29) is 41.9 Å². The van der Waals surface area contributed by atoms with Crippen LogP contribution < -0.4 is 15.6 Å². The number of nitrogens with one attached hydrogen (secondary N) is 1. The Kier molecular flexibility index (Phi) is 11.4. The third-order valence-corrected chi connectivity index (χ3v) is 7.92. The van der Waals surface area contributed by atoms with Crippen molar-refractivity contribution in [2.24, 2.45) is 5.92 Å². The molecule has 0 aliphatic carbocycles. The van der Waals surface area contributed by atoms with Crippen molar-refractivity contribution in [2.75, 3.05) is 32.7 Å². The van der Waals surface area contributed by atoms with E-state index in [1.807, 2.05) is 13.8 Å². The fourth-order valence-electron chi connectivity index (χ4n) is 4.40. The van der Waals surface area contributed by atoms with Gasteiger partial charge in [-0.2, -0.15) is 9.97 Å². The molecule has 2 aromatic rings. The second-order valence-electron chi connectivity index (χ2n) is 10.8. The van der Waals surface area contributed by atoms with E-state index in [0.717, 1.165) is 0 Å². The molecular weight excluding hydrogens is 591 g/mol. The first-order valence-electron chi connectivity index (χ1n) is 13.7. The van der Waals surface area contributed by atoms with Gasteiger partial charge < -0.3 is 34.9 Å². The zero-order valence-electron chi connectivity index (χ0n) is 25.3. The number of fused-ring (bicyclic) bond motifs is 1. The SMILES string of the molecule is CCOC(=O)COP(=O)(N[C@H](CC(C)C)C(=O)OC(C)C)OC[C@H]1O[C@@H](n2cnc3c(OC)nc(N)nc32)[C@](C)(O)[C@@H]1O. The van der Waals surface area contributed by atoms with Crippen molar-refractivity contribution in [3.8, 4) is 5.88 Å². The van der Waals surface area contributed by atoms with Crippen molar-refractivity contribution in [2.45, 2.75) is 84.1 Å². The molecule has 1 fully saturated rings. The van der Waals surface area contributed by atoms with Gasteiger partial charge in [-0.25, -0.2) is 19.4 Å². The molecule has 1 aliphatic heterocycles. The van der Waals surface area contributed by atoms with Crippen molar-refractivity contribution >= 4 is 36.8 Å². The van der Waals surface area contributed by atoms with Crippen LogP contribution in [0.1, 0.15) is 54.2 Å². The topological polar surface area (TPSA) is 229 Å². The normalized spacial score (nSPS) is 24.3. The highest BCUT2D eigenvalue weighted by Crippen LogP contribution is 2.47. The number of hydrogen-bond donors (Lipinski definition) is 4. The van der Waals surface area contributed by atoms with Gasteiger partial charge in [0.2, 0.25) is 11.8 Å². The van der Waals surface area contributed by atoms with Gasteiger partial charge in [0.05, 0.1) is 32.8 Å². The summed E-state index contributed by atoms with van der Waals surface area (Å²) in [6.45, 7) is 8.65. The van der Waals surface area contributed by atoms with Crippen LogP contribution in [0.4, 0.5) is 5.95 Å². The van der Waals surface area contributed by atoms with Gasteiger partial charge in [-0.05, 0) is 40.0 Å². The number of carbonyl (C=O) groups is 2. The summed E-state index contributed by atoms with van der Waals surface area (Å²) in [5.41, 5.74) is 4.26. The average molecular weight is 633 g/mol. The Balaban J connectivity index is 1.86. The molecule has 0 spiro atoms. The Morgan fingerprint density at radius 1 is 1.26 bits per heavy atom. The predicted molar refractivity (Wildman–Crippen MR) is 151 cm³/mol. The Labute approximate surface area is 248 Å². The summed E-state index contributed by atoms with van der Waals surface area (Å²) in [5.74, 6) is -1.58. The maximum Gasteiger partial charge on any atom is 0.406 e. The molecule has 43 heavy (non-hydrogen) atoms. The van der Waals surface area contributed by atoms with Crippen molar-refractivity contribution in [1.29, 1.82) is 0 Å². The van der Waals surface area contributed by atoms with E-state index in [2.05, 4.69) is 20.0 Å². The van der Waals surface area contributed by atoms with Crippen LogP contribution in [0.5, 0.6) is 5.88 Å². The van der Waals surface area contributed by atoms with Gasteiger partial charge in [0.25, 0.3) is 0 Å². The van der Waals surface area contributed by atoms with E-state index in [1.165, 1.54) is 24.9 Å². The molecule has 6 atom stereocenters. The quantitative estimate of drug-likeness (QED) is 0.159. The smallest absolute Gasteiger partial charge is 0.406 e. The van der Waals surface area contributed by atoms with Gasteiger partial charge in [-0.15, -0.1) is 0 Å². The summed E-state index contributed by atoms with van der Waals surface area (Å²) >= 11 is 0. The van der Waals surface area contributed by atoms with E-state index >= 15 is 0 Å². The Bertz CT molecular complexity index is 1320. The number of nitrogens with zero attached hydrogens (tertiary/aromatic N) is 4. The molecule has 1 unspecified atom stereocenters. The van der Waals surface area contributed by atoms with Gasteiger partial charge in [-0.3, -0.25) is 18.4 Å². The highest BCUT2D eigenvalue weighted by Gasteiger charge is 2.54. The largest absolute Gasteiger partial charge is 0.479 e. The van der Waals surface area contributed by atoms with Crippen LogP contribution in [0, 0.1) is 5.92 Å². The lowest BCUT2D eigenvalue weighted by molar-refractivity contribution is -0.150. The molecule has 0 bridgehead atoms. The Morgan fingerprint density at radius 3 is 2.56 bits per heavy atom. The summed E-state index contributed by atoms with van der Waals surface area (Å²) in [6, 6.07) is -1.13. The first kappa shape index (κ1) is 34.6. The summed E-state index contributed by atoms with van der Waals surface area (Å²) < 4.78 is 47.5. The Hall–Kier alpha value is -2.92. The number of imidazole rings is 1. The highest BCUT2D eigenvalue weighted by molar-refractivity contribution is 7.51. The van der Waals surface area contributed by atoms with E-state index < -0.39 is 69.1 Å². The highest BCUT2D eigenvalue weighted by atomic mass is 31.2. The molecule has 18 heteroatoms. The van der Waals surface area contributed by atoms with Crippen LogP contribution in [0.15, 0.2) is 6.33 Å². The number of aromatic nitrogens is 4. The third kappa shape index (κ3) is 8.38. The molecule has 5 N–H and O–H groups in total. The zero-order chi connectivity index (χ0) is 32.1. The van der Waals surface area contributed by atoms with E-state index in [9.17, 15) is 24.4 Å². The Morgan fingerprint density at radius 2 is 1.95 bits per heavy atom. The second-order valence-corrected chi connectivity index (χ2v) is 12.6. The number of esters is 2. The van der Waals surface area contributed by atoms with Gasteiger partial charge in [0.15, 0.2) is 24.0 Å². The van der Waals surface area contributed by atoms with E-state index in [4.69, 9.17) is 33.7 Å². The van der Waals surface area contributed by atoms with E-state index in [1.54, 1.807) is 20.8 Å². The zero-order valence-corrected chi connectivity index (χ0v) is 26.1. The third-order valence-electron chi connectivity index (χ3n) is 6.33. The lowest BCUT2D eigenvalue weighted by Gasteiger charge is -2.28. The number of nitrogen functional groups attached to an aromatic ring is 1. The maximum absolute atomic E-state index is 13.9. The number of carbonyl (C=O) groups excluding carboxylic acids is 2. The minimum Gasteiger partial charge on any atom is -0.479 e. The number of aliphatic hydroxyl groups is 2. The van der Waals surface area contributed by atoms with E-state index in [0.29, 0.717) is 0 Å². The van der Waals surface area contributed by atoms with Crippen molar-refractivity contribution in [3.05, 3.63) is 6.33 Å². The summed E-state index contributed by atoms with van der Waals surface area (Å²) in [6.07, 6.45) is -3.06. The van der Waals surface area contributed by atoms with Crippen molar-refractivity contribution < 1.29 is 52.4 Å². The molecule has 17 nitrogen and oxygen atoms in total. The number of ether oxygens (including phenoxy) is 4. The molecule has 0 aromatic carbocycles. The summed E-state index contributed by atoms with van der Waals surface area (Å²) in [7, 11) is -3.08. The number of hydrogen-bond acceptors (Lipinski definition) is 15. The number of methoxy groups -OCH3 is 1. The monoisotopic (exact) mass is 632 g/mol. The first-order valence-corrected chi connectivity index (χ1v) is 15.3. The molecule has 242 valence electrons. The molecule has 3 rings (SSSR count). The van der Waals surface area contributed by atoms with Crippen molar-refractivity contribution in [1.82, 2.24) is 24.6 Å². The number of anilines is 1. The second kappa shape index (κ2) is 14.2. The fraction of sp³-hybridized carbons (Fsp3) is 0.720. The van der Waals surface area contributed by atoms with Gasteiger partial charge in [-0.1, -0.05) is 13.8 Å². The molecule has 2 aromatic heterocycles. The molecular formula is C25H41N6O11P. The van der Waals surface area contributed by atoms with Crippen LogP contribution in [0.2, 0.25) is 0 Å². The van der Waals surface area contributed by atoms with Crippen LogP contribution in [-0.4, -0.2) is 98.6 Å². The summed E-state index contributed by atoms with van der Waals surface area (Å²) in [5, 5.41) is 24.9. The van der Waals surface area contributed by atoms with Crippen LogP contribution in [0.3, 0.4) is 0 Å².